The molecule has 4 heteroatoms. The Balaban J connectivity index is 1.81. The van der Waals surface area contributed by atoms with Crippen LogP contribution in [0.2, 0.25) is 0 Å². The van der Waals surface area contributed by atoms with Gasteiger partial charge in [-0.2, -0.15) is 0 Å². The largest absolute Gasteiger partial charge is 0.469 e. The van der Waals surface area contributed by atoms with Crippen molar-refractivity contribution in [2.75, 3.05) is 14.2 Å². The van der Waals surface area contributed by atoms with Crippen molar-refractivity contribution in [1.82, 2.24) is 4.90 Å². The number of carbonyl (C=O) groups is 2. The fourth-order valence-electron chi connectivity index (χ4n) is 4.18. The molecule has 0 aromatic heterocycles. The van der Waals surface area contributed by atoms with E-state index in [4.69, 9.17) is 4.74 Å². The molecule has 0 N–H and O–H groups in total. The molecule has 1 aromatic rings. The molecule has 3 rings (SSSR count). The van der Waals surface area contributed by atoms with Crippen LogP contribution in [0.4, 0.5) is 0 Å². The highest BCUT2D eigenvalue weighted by atomic mass is 16.5. The van der Waals surface area contributed by atoms with Gasteiger partial charge in [0.2, 0.25) is 0 Å². The third-order valence-corrected chi connectivity index (χ3v) is 5.38. The molecule has 2 heterocycles. The lowest BCUT2D eigenvalue weighted by Gasteiger charge is -2.40. The molecule has 2 fully saturated rings. The molecule has 2 aliphatic heterocycles. The summed E-state index contributed by atoms with van der Waals surface area (Å²) in [4.78, 5) is 27.3. The quantitative estimate of drug-likeness (QED) is 0.799. The number of ether oxygens (including phenoxy) is 1. The Kier molecular flexibility index (Phi) is 4.30. The molecule has 4 atom stereocenters. The van der Waals surface area contributed by atoms with Gasteiger partial charge in [-0.05, 0) is 31.9 Å². The van der Waals surface area contributed by atoms with Crippen LogP contribution in [0.25, 0.3) is 0 Å². The summed E-state index contributed by atoms with van der Waals surface area (Å²) < 4.78 is 5.00. The van der Waals surface area contributed by atoms with E-state index in [9.17, 15) is 9.59 Å². The zero-order valence-electron chi connectivity index (χ0n) is 13.2. The van der Waals surface area contributed by atoms with E-state index in [-0.39, 0.29) is 29.6 Å². The van der Waals surface area contributed by atoms with Gasteiger partial charge >= 0.3 is 5.97 Å². The second-order valence-corrected chi connectivity index (χ2v) is 6.48. The van der Waals surface area contributed by atoms with Crippen LogP contribution in [0.15, 0.2) is 30.3 Å². The zero-order valence-corrected chi connectivity index (χ0v) is 13.2. The fourth-order valence-corrected chi connectivity index (χ4v) is 4.18. The fraction of sp³-hybridized carbons (Fsp3) is 0.556. The van der Waals surface area contributed by atoms with E-state index < -0.39 is 0 Å². The predicted octanol–water partition coefficient (Wildman–Crippen LogP) is 2.07. The number of rotatable bonds is 4. The van der Waals surface area contributed by atoms with E-state index in [1.165, 1.54) is 7.11 Å². The number of ketones is 1. The molecule has 0 unspecified atom stereocenters. The monoisotopic (exact) mass is 301 g/mol. The van der Waals surface area contributed by atoms with Gasteiger partial charge in [-0.15, -0.1) is 0 Å². The van der Waals surface area contributed by atoms with Crippen molar-refractivity contribution >= 4 is 11.8 Å². The molecule has 4 nitrogen and oxygen atoms in total. The summed E-state index contributed by atoms with van der Waals surface area (Å²) in [6, 6.07) is 10.3. The highest BCUT2D eigenvalue weighted by molar-refractivity contribution is 5.89. The number of esters is 1. The van der Waals surface area contributed by atoms with Crippen LogP contribution in [0.1, 0.15) is 24.8 Å². The standard InChI is InChI=1S/C18H23NO3/c1-19-13-8-9-15(19)17(18(21)22-2)14(11-13)16(20)10-12-6-4-3-5-7-12/h3-7,13-15,17H,8-11H2,1-2H3/t13-,14+,15+,17-/m0/s1. The van der Waals surface area contributed by atoms with Crippen LogP contribution in [0.5, 0.6) is 0 Å². The minimum Gasteiger partial charge on any atom is -0.469 e. The molecule has 2 saturated heterocycles. The first-order chi connectivity index (χ1) is 10.6. The second-order valence-electron chi connectivity index (χ2n) is 6.48. The molecule has 118 valence electrons. The zero-order chi connectivity index (χ0) is 15.7. The maximum atomic E-state index is 12.8. The van der Waals surface area contributed by atoms with Gasteiger partial charge < -0.3 is 4.74 Å². The number of benzene rings is 1. The number of nitrogens with zero attached hydrogens (tertiary/aromatic N) is 1. The third-order valence-electron chi connectivity index (χ3n) is 5.38. The van der Waals surface area contributed by atoms with Gasteiger partial charge in [-0.25, -0.2) is 0 Å². The Hall–Kier alpha value is -1.68. The molecule has 22 heavy (non-hydrogen) atoms. The van der Waals surface area contributed by atoms with Crippen molar-refractivity contribution in [1.29, 1.82) is 0 Å². The number of carbonyl (C=O) groups excluding carboxylic acids is 2. The molecule has 2 bridgehead atoms. The molecule has 0 saturated carbocycles. The van der Waals surface area contributed by atoms with Gasteiger partial charge in [-0.1, -0.05) is 30.3 Å². The minimum absolute atomic E-state index is 0.149. The average molecular weight is 301 g/mol. The summed E-state index contributed by atoms with van der Waals surface area (Å²) in [5.74, 6) is -0.582. The van der Waals surface area contributed by atoms with Crippen LogP contribution in [-0.2, 0) is 20.7 Å². The maximum Gasteiger partial charge on any atom is 0.310 e. The molecular formula is C18H23NO3. The molecular weight excluding hydrogens is 278 g/mol. The number of hydrogen-bond acceptors (Lipinski definition) is 4. The van der Waals surface area contributed by atoms with Crippen molar-refractivity contribution in [2.24, 2.45) is 11.8 Å². The van der Waals surface area contributed by atoms with Gasteiger partial charge in [-0.3, -0.25) is 14.5 Å². The van der Waals surface area contributed by atoms with Crippen molar-refractivity contribution in [2.45, 2.75) is 37.8 Å². The molecule has 0 aliphatic carbocycles. The Morgan fingerprint density at radius 3 is 2.64 bits per heavy atom. The van der Waals surface area contributed by atoms with E-state index in [1.54, 1.807) is 0 Å². The summed E-state index contributed by atoms with van der Waals surface area (Å²) in [7, 11) is 3.48. The normalized spacial score (nSPS) is 31.0. The van der Waals surface area contributed by atoms with Gasteiger partial charge in [0.1, 0.15) is 5.78 Å². The summed E-state index contributed by atoms with van der Waals surface area (Å²) in [6.45, 7) is 0. The summed E-state index contributed by atoms with van der Waals surface area (Å²) in [6.07, 6.45) is 3.24. The third kappa shape index (κ3) is 2.68. The minimum atomic E-state index is -0.315. The lowest BCUT2D eigenvalue weighted by atomic mass is 9.76. The van der Waals surface area contributed by atoms with Crippen LogP contribution < -0.4 is 0 Å². The Labute approximate surface area is 131 Å². The summed E-state index contributed by atoms with van der Waals surface area (Å²) in [5.41, 5.74) is 1.02. The Bertz CT molecular complexity index is 557. The van der Waals surface area contributed by atoms with E-state index in [2.05, 4.69) is 11.9 Å². The van der Waals surface area contributed by atoms with Crippen molar-refractivity contribution in [3.63, 3.8) is 0 Å². The second kappa shape index (κ2) is 6.21. The van der Waals surface area contributed by atoms with Gasteiger partial charge in [0, 0.05) is 24.4 Å². The first-order valence-corrected chi connectivity index (χ1v) is 7.98. The summed E-state index contributed by atoms with van der Waals surface area (Å²) >= 11 is 0. The average Bonchev–Trinajstić information content (AvgIpc) is 2.77. The van der Waals surface area contributed by atoms with Crippen molar-refractivity contribution in [3.05, 3.63) is 35.9 Å². The lowest BCUT2D eigenvalue weighted by Crippen LogP contribution is -2.52. The van der Waals surface area contributed by atoms with Crippen LogP contribution >= 0.6 is 0 Å². The topological polar surface area (TPSA) is 46.6 Å². The molecule has 0 radical (unpaired) electrons. The van der Waals surface area contributed by atoms with E-state index >= 15 is 0 Å². The van der Waals surface area contributed by atoms with Gasteiger partial charge in [0.05, 0.1) is 13.0 Å². The number of piperidine rings is 1. The van der Waals surface area contributed by atoms with E-state index in [0.29, 0.717) is 12.5 Å². The maximum absolute atomic E-state index is 12.8. The van der Waals surface area contributed by atoms with Crippen LogP contribution in [0.3, 0.4) is 0 Å². The molecule has 0 amide bonds. The molecule has 2 aliphatic rings. The van der Waals surface area contributed by atoms with Crippen LogP contribution in [0, 0.1) is 11.8 Å². The Morgan fingerprint density at radius 1 is 1.23 bits per heavy atom. The highest BCUT2D eigenvalue weighted by Gasteiger charge is 2.51. The summed E-state index contributed by atoms with van der Waals surface area (Å²) in [5, 5.41) is 0. The van der Waals surface area contributed by atoms with Crippen molar-refractivity contribution in [3.8, 4) is 0 Å². The predicted molar refractivity (Wildman–Crippen MR) is 83.3 cm³/mol. The van der Waals surface area contributed by atoms with E-state index in [1.807, 2.05) is 30.3 Å². The molecule has 1 aromatic carbocycles. The van der Waals surface area contributed by atoms with Gasteiger partial charge in [0.15, 0.2) is 0 Å². The lowest BCUT2D eigenvalue weighted by molar-refractivity contribution is -0.155. The highest BCUT2D eigenvalue weighted by Crippen LogP contribution is 2.42. The van der Waals surface area contributed by atoms with E-state index in [0.717, 1.165) is 24.8 Å². The number of Topliss-reactive ketones (excluding diaryl/α,β-unsaturated/α-hetero) is 1. The Morgan fingerprint density at radius 2 is 1.95 bits per heavy atom. The first kappa shape index (κ1) is 15.2. The first-order valence-electron chi connectivity index (χ1n) is 7.98. The smallest absolute Gasteiger partial charge is 0.310 e. The van der Waals surface area contributed by atoms with Crippen molar-refractivity contribution < 1.29 is 14.3 Å². The van der Waals surface area contributed by atoms with Gasteiger partial charge in [0.25, 0.3) is 0 Å². The number of hydrogen-bond donors (Lipinski definition) is 0. The SMILES string of the molecule is COC(=O)[C@H]1[C@@H](C(=O)Cc2ccccc2)C[C@@H]2CC[C@H]1N2C. The van der Waals surface area contributed by atoms with Crippen LogP contribution in [-0.4, -0.2) is 42.9 Å². The molecule has 0 spiro atoms. The number of methoxy groups -OCH3 is 1. The number of fused-ring (bicyclic) bond motifs is 2.